The lowest BCUT2D eigenvalue weighted by atomic mass is 9.99. The highest BCUT2D eigenvalue weighted by Gasteiger charge is 2.40. The first-order valence-corrected chi connectivity index (χ1v) is 6.31. The van der Waals surface area contributed by atoms with E-state index in [1.807, 2.05) is 20.8 Å². The van der Waals surface area contributed by atoms with Gasteiger partial charge in [-0.1, -0.05) is 6.92 Å². The highest BCUT2D eigenvalue weighted by atomic mass is 16.4. The van der Waals surface area contributed by atoms with Crippen molar-refractivity contribution in [1.29, 1.82) is 0 Å². The molecule has 0 aliphatic rings. The normalized spacial score (nSPS) is 12.2. The Labute approximate surface area is 110 Å². The van der Waals surface area contributed by atoms with E-state index >= 15 is 0 Å². The third-order valence-corrected chi connectivity index (χ3v) is 3.81. The fraction of sp³-hybridized carbons (Fsp3) is 0.846. The average Bonchev–Trinajstić information content (AvgIpc) is 2.28. The maximum absolute atomic E-state index is 12.4. The number of urea groups is 1. The molecule has 5 nitrogen and oxygen atoms in total. The predicted octanol–water partition coefficient (Wildman–Crippen LogP) is 2.41. The third-order valence-electron chi connectivity index (χ3n) is 3.81. The molecule has 0 aromatic heterocycles. The molecule has 0 aromatic carbocycles. The molecule has 0 radical (unpaired) electrons. The number of carboxylic acid groups (broad SMARTS) is 1. The summed E-state index contributed by atoms with van der Waals surface area (Å²) in [7, 11) is 1.71. The molecule has 0 unspecified atom stereocenters. The number of hydrogen-bond acceptors (Lipinski definition) is 2. The van der Waals surface area contributed by atoms with E-state index in [2.05, 4.69) is 0 Å². The Kier molecular flexibility index (Phi) is 5.20. The van der Waals surface area contributed by atoms with Gasteiger partial charge in [0.05, 0.1) is 0 Å². The molecule has 0 rings (SSSR count). The lowest BCUT2D eigenvalue weighted by Gasteiger charge is -2.42. The van der Waals surface area contributed by atoms with Crippen LogP contribution in [0.1, 0.15) is 48.0 Å². The SMILES string of the molecule is CCN(C(=O)N(C)C(C)(C)CC)C(C)(C)C(=O)O. The maximum Gasteiger partial charge on any atom is 0.329 e. The smallest absolute Gasteiger partial charge is 0.329 e. The summed E-state index contributed by atoms with van der Waals surface area (Å²) in [5, 5.41) is 9.22. The van der Waals surface area contributed by atoms with E-state index < -0.39 is 11.5 Å². The molecule has 0 saturated carbocycles. The number of amides is 2. The van der Waals surface area contributed by atoms with Gasteiger partial charge in [0.15, 0.2) is 0 Å². The van der Waals surface area contributed by atoms with Crippen LogP contribution in [0.15, 0.2) is 0 Å². The van der Waals surface area contributed by atoms with Gasteiger partial charge < -0.3 is 14.9 Å². The molecule has 2 amide bonds. The number of hydrogen-bond donors (Lipinski definition) is 1. The molecule has 0 bridgehead atoms. The van der Waals surface area contributed by atoms with E-state index in [1.165, 1.54) is 4.90 Å². The van der Waals surface area contributed by atoms with Crippen LogP contribution >= 0.6 is 0 Å². The molecule has 106 valence electrons. The topological polar surface area (TPSA) is 60.9 Å². The van der Waals surface area contributed by atoms with Crippen LogP contribution in [0.3, 0.4) is 0 Å². The first kappa shape index (κ1) is 16.7. The molecular formula is C13H26N2O3. The zero-order valence-corrected chi connectivity index (χ0v) is 12.6. The van der Waals surface area contributed by atoms with Gasteiger partial charge in [-0.2, -0.15) is 0 Å². The molecule has 18 heavy (non-hydrogen) atoms. The summed E-state index contributed by atoms with van der Waals surface area (Å²) in [6.45, 7) is 11.2. The molecule has 0 spiro atoms. The Morgan fingerprint density at radius 2 is 1.56 bits per heavy atom. The van der Waals surface area contributed by atoms with Crippen molar-refractivity contribution in [2.75, 3.05) is 13.6 Å². The number of carbonyl (C=O) groups is 2. The van der Waals surface area contributed by atoms with Gasteiger partial charge in [-0.05, 0) is 41.0 Å². The van der Waals surface area contributed by atoms with Crippen molar-refractivity contribution in [3.8, 4) is 0 Å². The Balaban J connectivity index is 5.23. The number of carboxylic acids is 1. The number of rotatable bonds is 5. The Hall–Kier alpha value is -1.26. The first-order chi connectivity index (χ1) is 8.02. The van der Waals surface area contributed by atoms with Crippen molar-refractivity contribution in [1.82, 2.24) is 9.80 Å². The van der Waals surface area contributed by atoms with E-state index in [4.69, 9.17) is 0 Å². The second-order valence-electron chi connectivity index (χ2n) is 5.62. The van der Waals surface area contributed by atoms with Gasteiger partial charge in [0.1, 0.15) is 5.54 Å². The summed E-state index contributed by atoms with van der Waals surface area (Å²) >= 11 is 0. The van der Waals surface area contributed by atoms with Gasteiger partial charge >= 0.3 is 12.0 Å². The Morgan fingerprint density at radius 1 is 1.11 bits per heavy atom. The van der Waals surface area contributed by atoms with Crippen molar-refractivity contribution in [2.45, 2.75) is 59.0 Å². The van der Waals surface area contributed by atoms with Crippen LogP contribution in [0.4, 0.5) is 4.79 Å². The fourth-order valence-electron chi connectivity index (χ4n) is 1.56. The first-order valence-electron chi connectivity index (χ1n) is 6.31. The van der Waals surface area contributed by atoms with Gasteiger partial charge in [-0.25, -0.2) is 9.59 Å². The standard InChI is InChI=1S/C13H26N2O3/c1-8-12(3,4)14(7)11(18)15(9-2)13(5,6)10(16)17/h8-9H2,1-7H3,(H,16,17). The van der Waals surface area contributed by atoms with Crippen LogP contribution in [0.25, 0.3) is 0 Å². The molecule has 0 atom stereocenters. The molecular weight excluding hydrogens is 232 g/mol. The summed E-state index contributed by atoms with van der Waals surface area (Å²) in [6, 6.07) is -0.253. The van der Waals surface area contributed by atoms with Crippen molar-refractivity contribution in [2.24, 2.45) is 0 Å². The van der Waals surface area contributed by atoms with E-state index in [-0.39, 0.29) is 11.6 Å². The molecule has 0 fully saturated rings. The molecule has 0 aromatic rings. The van der Waals surface area contributed by atoms with Crippen LogP contribution < -0.4 is 0 Å². The van der Waals surface area contributed by atoms with Crippen LogP contribution in [-0.4, -0.2) is 51.6 Å². The molecule has 0 aliphatic heterocycles. The number of aliphatic carboxylic acids is 1. The highest BCUT2D eigenvalue weighted by molar-refractivity contribution is 5.85. The summed E-state index contributed by atoms with van der Waals surface area (Å²) in [6.07, 6.45) is 0.806. The second-order valence-corrected chi connectivity index (χ2v) is 5.62. The fourth-order valence-corrected chi connectivity index (χ4v) is 1.56. The van der Waals surface area contributed by atoms with Gasteiger partial charge in [-0.15, -0.1) is 0 Å². The minimum atomic E-state index is -1.20. The molecule has 5 heteroatoms. The zero-order chi connectivity index (χ0) is 14.7. The summed E-state index contributed by atoms with van der Waals surface area (Å²) in [5.74, 6) is -1.000. The van der Waals surface area contributed by atoms with Crippen molar-refractivity contribution < 1.29 is 14.7 Å². The molecule has 0 heterocycles. The molecule has 1 N–H and O–H groups in total. The summed E-state index contributed by atoms with van der Waals surface area (Å²) in [5.41, 5.74) is -1.50. The predicted molar refractivity (Wildman–Crippen MR) is 71.6 cm³/mol. The number of nitrogens with zero attached hydrogens (tertiary/aromatic N) is 2. The van der Waals surface area contributed by atoms with Gasteiger partial charge in [0.25, 0.3) is 0 Å². The monoisotopic (exact) mass is 258 g/mol. The Bertz CT molecular complexity index is 324. The van der Waals surface area contributed by atoms with Crippen LogP contribution in [0.5, 0.6) is 0 Å². The largest absolute Gasteiger partial charge is 0.480 e. The van der Waals surface area contributed by atoms with Crippen molar-refractivity contribution in [3.05, 3.63) is 0 Å². The van der Waals surface area contributed by atoms with E-state index in [0.717, 1.165) is 6.42 Å². The van der Waals surface area contributed by atoms with Crippen LogP contribution in [0, 0.1) is 0 Å². The number of carbonyl (C=O) groups excluding carboxylic acids is 1. The minimum Gasteiger partial charge on any atom is -0.480 e. The average molecular weight is 258 g/mol. The quantitative estimate of drug-likeness (QED) is 0.823. The molecule has 0 aliphatic carbocycles. The van der Waals surface area contributed by atoms with Crippen LogP contribution in [0.2, 0.25) is 0 Å². The highest BCUT2D eigenvalue weighted by Crippen LogP contribution is 2.22. The van der Waals surface area contributed by atoms with E-state index in [1.54, 1.807) is 32.7 Å². The maximum atomic E-state index is 12.4. The van der Waals surface area contributed by atoms with E-state index in [9.17, 15) is 14.7 Å². The number of likely N-dealkylation sites (N-methyl/N-ethyl adjacent to an activating group) is 1. The lowest BCUT2D eigenvalue weighted by molar-refractivity contribution is -0.147. The van der Waals surface area contributed by atoms with Crippen molar-refractivity contribution >= 4 is 12.0 Å². The van der Waals surface area contributed by atoms with Crippen LogP contribution in [-0.2, 0) is 4.79 Å². The summed E-state index contributed by atoms with van der Waals surface area (Å²) < 4.78 is 0. The lowest BCUT2D eigenvalue weighted by Crippen LogP contribution is -2.59. The van der Waals surface area contributed by atoms with E-state index in [0.29, 0.717) is 6.54 Å². The second kappa shape index (κ2) is 5.59. The molecule has 0 saturated heterocycles. The minimum absolute atomic E-state index is 0.253. The van der Waals surface area contributed by atoms with Gasteiger partial charge in [0, 0.05) is 19.1 Å². The summed E-state index contributed by atoms with van der Waals surface area (Å²) in [4.78, 5) is 26.7. The Morgan fingerprint density at radius 3 is 1.83 bits per heavy atom. The third kappa shape index (κ3) is 3.15. The zero-order valence-electron chi connectivity index (χ0n) is 12.6. The van der Waals surface area contributed by atoms with Crippen molar-refractivity contribution in [3.63, 3.8) is 0 Å². The van der Waals surface area contributed by atoms with Gasteiger partial charge in [-0.3, -0.25) is 0 Å². The van der Waals surface area contributed by atoms with Gasteiger partial charge in [0.2, 0.25) is 0 Å².